The summed E-state index contributed by atoms with van der Waals surface area (Å²) in [6.07, 6.45) is 3.53. The third-order valence-electron chi connectivity index (χ3n) is 3.17. The van der Waals surface area contributed by atoms with Crippen LogP contribution in [0.1, 0.15) is 32.1 Å². The highest BCUT2D eigenvalue weighted by atomic mass is 16.3. The molecular formula is C13H17NO3. The second-order valence-electron chi connectivity index (χ2n) is 4.70. The van der Waals surface area contributed by atoms with Gasteiger partial charge in [0.05, 0.1) is 12.0 Å². The average Bonchev–Trinajstić information content (AvgIpc) is 2.68. The highest BCUT2D eigenvalue weighted by Gasteiger charge is 2.33. The number of anilines is 1. The number of carbonyl (C=O) groups is 1. The summed E-state index contributed by atoms with van der Waals surface area (Å²) in [6.45, 7) is 0. The SMILES string of the molecule is O=C(CC1(O)CCCC1)Nc1ccc(O)cc1. The van der Waals surface area contributed by atoms with Gasteiger partial charge in [-0.15, -0.1) is 0 Å². The van der Waals surface area contributed by atoms with Crippen molar-refractivity contribution in [1.29, 1.82) is 0 Å². The standard InChI is InChI=1S/C13H17NO3/c15-11-5-3-10(4-6-11)14-12(16)9-13(17)7-1-2-8-13/h3-6,15,17H,1-2,7-9H2,(H,14,16). The van der Waals surface area contributed by atoms with E-state index in [1.165, 1.54) is 12.1 Å². The van der Waals surface area contributed by atoms with Crippen molar-refractivity contribution in [2.45, 2.75) is 37.7 Å². The minimum absolute atomic E-state index is 0.147. The number of benzene rings is 1. The van der Waals surface area contributed by atoms with Crippen LogP contribution < -0.4 is 5.32 Å². The quantitative estimate of drug-likeness (QED) is 0.702. The monoisotopic (exact) mass is 235 g/mol. The van der Waals surface area contributed by atoms with E-state index in [0.29, 0.717) is 18.5 Å². The Morgan fingerprint density at radius 1 is 1.24 bits per heavy atom. The fraction of sp³-hybridized carbons (Fsp3) is 0.462. The number of phenols is 1. The van der Waals surface area contributed by atoms with E-state index in [1.807, 2.05) is 0 Å². The molecule has 0 heterocycles. The first kappa shape index (κ1) is 11.9. The van der Waals surface area contributed by atoms with Gasteiger partial charge in [-0.1, -0.05) is 12.8 Å². The number of aliphatic hydroxyl groups is 1. The maximum atomic E-state index is 11.7. The highest BCUT2D eigenvalue weighted by Crippen LogP contribution is 2.32. The van der Waals surface area contributed by atoms with Gasteiger partial charge < -0.3 is 15.5 Å². The third-order valence-corrected chi connectivity index (χ3v) is 3.17. The van der Waals surface area contributed by atoms with Crippen molar-refractivity contribution in [2.75, 3.05) is 5.32 Å². The lowest BCUT2D eigenvalue weighted by Gasteiger charge is -2.21. The molecule has 4 nitrogen and oxygen atoms in total. The summed E-state index contributed by atoms with van der Waals surface area (Å²) in [7, 11) is 0. The molecule has 0 spiro atoms. The summed E-state index contributed by atoms with van der Waals surface area (Å²) in [6, 6.07) is 6.29. The van der Waals surface area contributed by atoms with Gasteiger partial charge in [0.2, 0.25) is 5.91 Å². The first-order chi connectivity index (χ1) is 8.07. The smallest absolute Gasteiger partial charge is 0.227 e. The van der Waals surface area contributed by atoms with Crippen LogP contribution >= 0.6 is 0 Å². The summed E-state index contributed by atoms with van der Waals surface area (Å²) in [5, 5.41) is 21.9. The Labute approximate surface area is 100 Å². The average molecular weight is 235 g/mol. The maximum absolute atomic E-state index is 11.7. The summed E-state index contributed by atoms with van der Waals surface area (Å²) < 4.78 is 0. The Morgan fingerprint density at radius 3 is 2.41 bits per heavy atom. The van der Waals surface area contributed by atoms with Crippen LogP contribution in [0, 0.1) is 0 Å². The van der Waals surface area contributed by atoms with Gasteiger partial charge in [0, 0.05) is 5.69 Å². The summed E-state index contributed by atoms with van der Waals surface area (Å²) >= 11 is 0. The fourth-order valence-electron chi connectivity index (χ4n) is 2.26. The van der Waals surface area contributed by atoms with E-state index in [1.54, 1.807) is 12.1 Å². The molecule has 1 fully saturated rings. The molecule has 0 bridgehead atoms. The second kappa shape index (κ2) is 4.75. The number of hydrogen-bond donors (Lipinski definition) is 3. The number of aromatic hydroxyl groups is 1. The Bertz CT molecular complexity index is 394. The molecule has 2 rings (SSSR count). The van der Waals surface area contributed by atoms with Gasteiger partial charge in [-0.2, -0.15) is 0 Å². The molecule has 1 amide bonds. The number of hydrogen-bond acceptors (Lipinski definition) is 3. The predicted octanol–water partition coefficient (Wildman–Crippen LogP) is 2.03. The largest absolute Gasteiger partial charge is 0.508 e. The molecule has 92 valence electrons. The van der Waals surface area contributed by atoms with Crippen LogP contribution in [-0.4, -0.2) is 21.7 Å². The number of amides is 1. The van der Waals surface area contributed by atoms with Crippen molar-refractivity contribution in [2.24, 2.45) is 0 Å². The third kappa shape index (κ3) is 3.20. The van der Waals surface area contributed by atoms with Gasteiger partial charge in [-0.3, -0.25) is 4.79 Å². The number of carbonyl (C=O) groups excluding carboxylic acids is 1. The molecule has 1 aliphatic carbocycles. The van der Waals surface area contributed by atoms with E-state index in [4.69, 9.17) is 5.11 Å². The molecule has 3 N–H and O–H groups in total. The van der Waals surface area contributed by atoms with Crippen molar-refractivity contribution in [3.63, 3.8) is 0 Å². The lowest BCUT2D eigenvalue weighted by molar-refractivity contribution is -0.120. The van der Waals surface area contributed by atoms with Crippen LogP contribution in [0.25, 0.3) is 0 Å². The zero-order chi connectivity index (χ0) is 12.3. The van der Waals surface area contributed by atoms with Crippen LogP contribution in [0.5, 0.6) is 5.75 Å². The summed E-state index contributed by atoms with van der Waals surface area (Å²) in [5.74, 6) is -0.0162. The molecule has 0 saturated heterocycles. The van der Waals surface area contributed by atoms with Crippen molar-refractivity contribution in [3.8, 4) is 5.75 Å². The molecular weight excluding hydrogens is 218 g/mol. The van der Waals surface area contributed by atoms with Crippen LogP contribution in [0.3, 0.4) is 0 Å². The van der Waals surface area contributed by atoms with E-state index in [-0.39, 0.29) is 18.1 Å². The Morgan fingerprint density at radius 2 is 1.82 bits per heavy atom. The molecule has 1 aliphatic rings. The van der Waals surface area contributed by atoms with E-state index >= 15 is 0 Å². The topological polar surface area (TPSA) is 69.6 Å². The van der Waals surface area contributed by atoms with Gasteiger partial charge in [0.15, 0.2) is 0 Å². The van der Waals surface area contributed by atoms with Crippen molar-refractivity contribution in [3.05, 3.63) is 24.3 Å². The van der Waals surface area contributed by atoms with Crippen LogP contribution in [-0.2, 0) is 4.79 Å². The van der Waals surface area contributed by atoms with Crippen molar-refractivity contribution in [1.82, 2.24) is 0 Å². The molecule has 1 aromatic carbocycles. The molecule has 1 saturated carbocycles. The molecule has 0 unspecified atom stereocenters. The van der Waals surface area contributed by atoms with Gasteiger partial charge >= 0.3 is 0 Å². The number of nitrogens with one attached hydrogen (secondary N) is 1. The maximum Gasteiger partial charge on any atom is 0.227 e. The zero-order valence-corrected chi connectivity index (χ0v) is 9.65. The predicted molar refractivity (Wildman–Crippen MR) is 64.8 cm³/mol. The van der Waals surface area contributed by atoms with Crippen LogP contribution in [0.2, 0.25) is 0 Å². The molecule has 0 radical (unpaired) electrons. The molecule has 0 aromatic heterocycles. The summed E-state index contributed by atoms with van der Waals surface area (Å²) in [5.41, 5.74) is -0.185. The lowest BCUT2D eigenvalue weighted by Crippen LogP contribution is -2.30. The van der Waals surface area contributed by atoms with E-state index in [9.17, 15) is 9.90 Å². The highest BCUT2D eigenvalue weighted by molar-refractivity contribution is 5.91. The first-order valence-electron chi connectivity index (χ1n) is 5.89. The lowest BCUT2D eigenvalue weighted by atomic mass is 9.97. The van der Waals surface area contributed by atoms with Crippen LogP contribution in [0.15, 0.2) is 24.3 Å². The number of phenolic OH excluding ortho intramolecular Hbond substituents is 1. The first-order valence-corrected chi connectivity index (χ1v) is 5.89. The Hall–Kier alpha value is -1.55. The second-order valence-corrected chi connectivity index (χ2v) is 4.70. The Kier molecular flexibility index (Phi) is 3.33. The number of rotatable bonds is 3. The normalized spacial score (nSPS) is 17.9. The molecule has 17 heavy (non-hydrogen) atoms. The van der Waals surface area contributed by atoms with E-state index in [2.05, 4.69) is 5.32 Å². The fourth-order valence-corrected chi connectivity index (χ4v) is 2.26. The van der Waals surface area contributed by atoms with E-state index in [0.717, 1.165) is 12.8 Å². The molecule has 0 atom stereocenters. The van der Waals surface area contributed by atoms with Crippen LogP contribution in [0.4, 0.5) is 5.69 Å². The molecule has 0 aliphatic heterocycles. The molecule has 1 aromatic rings. The van der Waals surface area contributed by atoms with E-state index < -0.39 is 5.60 Å². The van der Waals surface area contributed by atoms with Gasteiger partial charge in [-0.25, -0.2) is 0 Å². The Balaban J connectivity index is 1.91. The minimum Gasteiger partial charge on any atom is -0.508 e. The molecule has 4 heteroatoms. The van der Waals surface area contributed by atoms with Gasteiger partial charge in [-0.05, 0) is 37.1 Å². The van der Waals surface area contributed by atoms with Crippen molar-refractivity contribution >= 4 is 11.6 Å². The van der Waals surface area contributed by atoms with Crippen molar-refractivity contribution < 1.29 is 15.0 Å². The van der Waals surface area contributed by atoms with Gasteiger partial charge in [0.25, 0.3) is 0 Å². The van der Waals surface area contributed by atoms with Gasteiger partial charge in [0.1, 0.15) is 5.75 Å². The summed E-state index contributed by atoms with van der Waals surface area (Å²) in [4.78, 5) is 11.7. The zero-order valence-electron chi connectivity index (χ0n) is 9.65. The minimum atomic E-state index is -0.818.